The van der Waals surface area contributed by atoms with Gasteiger partial charge in [0.2, 0.25) is 5.91 Å². The van der Waals surface area contributed by atoms with E-state index in [1.165, 1.54) is 0 Å². The van der Waals surface area contributed by atoms with E-state index in [2.05, 4.69) is 27.8 Å². The number of carbonyl (C=O) groups excluding carboxylic acids is 1. The number of thiazole rings is 1. The molecule has 1 amide bonds. The number of carbonyl (C=O) groups is 1. The molecule has 2 heterocycles. The molecule has 0 spiro atoms. The molecule has 0 radical (unpaired) electrons. The number of hydrogen-bond donors (Lipinski definition) is 1. The monoisotopic (exact) mass is 372 g/mol. The van der Waals surface area contributed by atoms with Crippen LogP contribution in [0.5, 0.6) is 5.75 Å². The number of ether oxygens (including phenoxy) is 1. The molecule has 0 bridgehead atoms. The van der Waals surface area contributed by atoms with Crippen LogP contribution < -0.4 is 10.1 Å². The van der Waals surface area contributed by atoms with Gasteiger partial charge in [-0.3, -0.25) is 4.79 Å². The van der Waals surface area contributed by atoms with Crippen molar-refractivity contribution in [2.45, 2.75) is 26.3 Å². The summed E-state index contributed by atoms with van der Waals surface area (Å²) in [6.07, 6.45) is 1.21. The van der Waals surface area contributed by atoms with Crippen molar-refractivity contribution in [1.29, 1.82) is 0 Å². The highest BCUT2D eigenvalue weighted by atomic mass is 32.1. The first kappa shape index (κ1) is 17.6. The van der Waals surface area contributed by atoms with Gasteiger partial charge in [-0.15, -0.1) is 22.7 Å². The largest absolute Gasteiger partial charge is 0.497 e. The van der Waals surface area contributed by atoms with E-state index in [-0.39, 0.29) is 5.91 Å². The minimum absolute atomic E-state index is 0.0651. The number of amides is 1. The molecule has 3 aromatic rings. The Hall–Kier alpha value is -2.18. The van der Waals surface area contributed by atoms with E-state index in [1.807, 2.05) is 31.2 Å². The van der Waals surface area contributed by atoms with Crippen LogP contribution in [0.15, 0.2) is 41.8 Å². The number of aromatic nitrogens is 1. The normalized spacial score (nSPS) is 10.6. The highest BCUT2D eigenvalue weighted by Gasteiger charge is 2.08. The van der Waals surface area contributed by atoms with Gasteiger partial charge in [0, 0.05) is 16.7 Å². The standard InChI is InChI=1S/C19H20N2O2S2/c1-13-21-17(12-24-13)18-9-8-16(25-18)11-20-19(22)10-5-14-3-6-15(23-2)7-4-14/h3-4,6-9,12H,5,10-11H2,1-2H3,(H,20,22). The van der Waals surface area contributed by atoms with Gasteiger partial charge in [0.15, 0.2) is 0 Å². The second-order valence-corrected chi connectivity index (χ2v) is 7.87. The fraction of sp³-hybridized carbons (Fsp3) is 0.263. The maximum atomic E-state index is 12.1. The smallest absolute Gasteiger partial charge is 0.220 e. The topological polar surface area (TPSA) is 51.2 Å². The van der Waals surface area contributed by atoms with Gasteiger partial charge in [-0.2, -0.15) is 0 Å². The van der Waals surface area contributed by atoms with Crippen LogP contribution in [-0.2, 0) is 17.8 Å². The molecule has 4 nitrogen and oxygen atoms in total. The molecule has 0 aliphatic rings. The van der Waals surface area contributed by atoms with Crippen LogP contribution in [0.25, 0.3) is 10.6 Å². The second-order valence-electron chi connectivity index (χ2n) is 5.64. The van der Waals surface area contributed by atoms with Crippen molar-refractivity contribution in [2.24, 2.45) is 0 Å². The summed E-state index contributed by atoms with van der Waals surface area (Å²) in [6.45, 7) is 2.57. The maximum absolute atomic E-state index is 12.1. The highest BCUT2D eigenvalue weighted by molar-refractivity contribution is 7.16. The van der Waals surface area contributed by atoms with Crippen molar-refractivity contribution >= 4 is 28.6 Å². The third-order valence-electron chi connectivity index (χ3n) is 3.79. The third-order valence-corrected chi connectivity index (χ3v) is 5.67. The zero-order valence-corrected chi connectivity index (χ0v) is 15.9. The van der Waals surface area contributed by atoms with Crippen molar-refractivity contribution < 1.29 is 9.53 Å². The molecule has 1 N–H and O–H groups in total. The lowest BCUT2D eigenvalue weighted by Gasteiger charge is -2.05. The van der Waals surface area contributed by atoms with Crippen LogP contribution in [0.2, 0.25) is 0 Å². The van der Waals surface area contributed by atoms with Crippen LogP contribution in [0.1, 0.15) is 21.9 Å². The Morgan fingerprint density at radius 3 is 2.68 bits per heavy atom. The molecule has 0 saturated heterocycles. The first-order valence-electron chi connectivity index (χ1n) is 8.05. The first-order valence-corrected chi connectivity index (χ1v) is 9.74. The summed E-state index contributed by atoms with van der Waals surface area (Å²) in [6, 6.07) is 11.9. The zero-order valence-electron chi connectivity index (χ0n) is 14.2. The van der Waals surface area contributed by atoms with Gasteiger partial charge in [-0.1, -0.05) is 12.1 Å². The quantitative estimate of drug-likeness (QED) is 0.667. The van der Waals surface area contributed by atoms with Crippen LogP contribution >= 0.6 is 22.7 Å². The average molecular weight is 373 g/mol. The Morgan fingerprint density at radius 2 is 2.00 bits per heavy atom. The summed E-state index contributed by atoms with van der Waals surface area (Å²) in [4.78, 5) is 18.8. The Bertz CT molecular complexity index is 837. The number of aryl methyl sites for hydroxylation is 2. The number of benzene rings is 1. The Kier molecular flexibility index (Phi) is 5.83. The molecule has 0 fully saturated rings. The Morgan fingerprint density at radius 1 is 1.20 bits per heavy atom. The first-order chi connectivity index (χ1) is 12.1. The van der Waals surface area contributed by atoms with Gasteiger partial charge in [0.05, 0.1) is 29.2 Å². The molecule has 25 heavy (non-hydrogen) atoms. The van der Waals surface area contributed by atoms with Crippen molar-refractivity contribution in [1.82, 2.24) is 10.3 Å². The van der Waals surface area contributed by atoms with Gasteiger partial charge in [0.25, 0.3) is 0 Å². The summed E-state index contributed by atoms with van der Waals surface area (Å²) in [5.41, 5.74) is 2.15. The van der Waals surface area contributed by atoms with E-state index in [0.29, 0.717) is 13.0 Å². The second kappa shape index (κ2) is 8.27. The molecule has 0 atom stereocenters. The minimum atomic E-state index is 0.0651. The maximum Gasteiger partial charge on any atom is 0.220 e. The molecular formula is C19H20N2O2S2. The van der Waals surface area contributed by atoms with Crippen LogP contribution in [-0.4, -0.2) is 18.0 Å². The summed E-state index contributed by atoms with van der Waals surface area (Å²) in [5, 5.41) is 6.13. The summed E-state index contributed by atoms with van der Waals surface area (Å²) in [7, 11) is 1.65. The number of methoxy groups -OCH3 is 1. The average Bonchev–Trinajstić information content (AvgIpc) is 3.27. The lowest BCUT2D eigenvalue weighted by molar-refractivity contribution is -0.121. The Balaban J connectivity index is 1.46. The highest BCUT2D eigenvalue weighted by Crippen LogP contribution is 2.28. The molecule has 0 aliphatic heterocycles. The predicted molar refractivity (Wildman–Crippen MR) is 103 cm³/mol. The number of thiophene rings is 1. The SMILES string of the molecule is COc1ccc(CCC(=O)NCc2ccc(-c3csc(C)n3)s2)cc1. The zero-order chi connectivity index (χ0) is 17.6. The van der Waals surface area contributed by atoms with Crippen molar-refractivity contribution in [3.8, 4) is 16.3 Å². The molecule has 130 valence electrons. The van der Waals surface area contributed by atoms with E-state index < -0.39 is 0 Å². The summed E-state index contributed by atoms with van der Waals surface area (Å²) in [5.74, 6) is 0.896. The van der Waals surface area contributed by atoms with Gasteiger partial charge in [-0.25, -0.2) is 4.98 Å². The summed E-state index contributed by atoms with van der Waals surface area (Å²) < 4.78 is 5.14. The van der Waals surface area contributed by atoms with Gasteiger partial charge in [0.1, 0.15) is 5.75 Å². The van der Waals surface area contributed by atoms with Crippen molar-refractivity contribution in [3.05, 3.63) is 57.2 Å². The predicted octanol–water partition coefficient (Wildman–Crippen LogP) is 4.44. The molecular weight excluding hydrogens is 352 g/mol. The summed E-state index contributed by atoms with van der Waals surface area (Å²) >= 11 is 3.33. The molecule has 0 unspecified atom stereocenters. The van der Waals surface area contributed by atoms with E-state index >= 15 is 0 Å². The number of nitrogens with one attached hydrogen (secondary N) is 1. The van der Waals surface area contributed by atoms with Crippen LogP contribution in [0.3, 0.4) is 0 Å². The molecule has 1 aromatic carbocycles. The Labute approximate surface area is 155 Å². The van der Waals surface area contributed by atoms with Crippen molar-refractivity contribution in [2.75, 3.05) is 7.11 Å². The van der Waals surface area contributed by atoms with E-state index in [1.54, 1.807) is 29.8 Å². The van der Waals surface area contributed by atoms with E-state index in [4.69, 9.17) is 4.74 Å². The molecule has 3 rings (SSSR count). The van der Waals surface area contributed by atoms with Gasteiger partial charge in [-0.05, 0) is 43.2 Å². The van der Waals surface area contributed by atoms with Crippen molar-refractivity contribution in [3.63, 3.8) is 0 Å². The molecule has 2 aromatic heterocycles. The molecule has 0 aliphatic carbocycles. The lowest BCUT2D eigenvalue weighted by Crippen LogP contribution is -2.22. The number of hydrogen-bond acceptors (Lipinski definition) is 5. The van der Waals surface area contributed by atoms with Gasteiger partial charge < -0.3 is 10.1 Å². The van der Waals surface area contributed by atoms with Crippen LogP contribution in [0, 0.1) is 6.92 Å². The lowest BCUT2D eigenvalue weighted by atomic mass is 10.1. The van der Waals surface area contributed by atoms with Crippen LogP contribution in [0.4, 0.5) is 0 Å². The molecule has 0 saturated carbocycles. The minimum Gasteiger partial charge on any atom is -0.497 e. The van der Waals surface area contributed by atoms with E-state index in [9.17, 15) is 4.79 Å². The molecule has 6 heteroatoms. The van der Waals surface area contributed by atoms with Gasteiger partial charge >= 0.3 is 0 Å². The third kappa shape index (κ3) is 4.90. The number of rotatable bonds is 7. The number of nitrogens with zero attached hydrogens (tertiary/aromatic N) is 1. The fourth-order valence-electron chi connectivity index (χ4n) is 2.41. The fourth-order valence-corrected chi connectivity index (χ4v) is 4.01. The van der Waals surface area contributed by atoms with E-state index in [0.717, 1.165) is 38.2 Å².